The lowest BCUT2D eigenvalue weighted by Crippen LogP contribution is -2.05. The van der Waals surface area contributed by atoms with Crippen molar-refractivity contribution in [3.8, 4) is 5.75 Å². The molecule has 0 bridgehead atoms. The third kappa shape index (κ3) is 2.75. The van der Waals surface area contributed by atoms with Crippen LogP contribution in [0, 0.1) is 6.92 Å². The van der Waals surface area contributed by atoms with Crippen LogP contribution in [0.15, 0.2) is 18.2 Å². The molecule has 0 fully saturated rings. The molecule has 2 aromatic rings. The number of rotatable bonds is 2. The molecule has 88 valence electrons. The molecule has 0 aliphatic rings. The number of aromatic nitrogens is 2. The number of benzene rings is 1. The van der Waals surface area contributed by atoms with Gasteiger partial charge in [0.1, 0.15) is 5.75 Å². The van der Waals surface area contributed by atoms with Gasteiger partial charge in [-0.2, -0.15) is 5.10 Å². The Morgan fingerprint density at radius 1 is 1.25 bits per heavy atom. The van der Waals surface area contributed by atoms with E-state index in [4.69, 9.17) is 4.74 Å². The quantitative estimate of drug-likeness (QED) is 0.838. The summed E-state index contributed by atoms with van der Waals surface area (Å²) in [6, 6.07) is 5.94. The van der Waals surface area contributed by atoms with E-state index in [2.05, 4.69) is 10.2 Å². The number of fused-ring (bicyclic) bond motifs is 1. The number of nitrogens with zero attached hydrogens (tertiary/aromatic N) is 1. The molecule has 3 nitrogen and oxygen atoms in total. The van der Waals surface area contributed by atoms with Gasteiger partial charge < -0.3 is 4.74 Å². The molecule has 0 spiro atoms. The van der Waals surface area contributed by atoms with E-state index in [-0.39, 0.29) is 6.10 Å². The topological polar surface area (TPSA) is 37.9 Å². The molecule has 0 atom stereocenters. The smallest absolute Gasteiger partial charge is 0.120 e. The minimum absolute atomic E-state index is 0.208. The van der Waals surface area contributed by atoms with E-state index in [1.807, 2.05) is 52.8 Å². The van der Waals surface area contributed by atoms with Crippen LogP contribution < -0.4 is 4.74 Å². The fourth-order valence-electron chi connectivity index (χ4n) is 1.46. The van der Waals surface area contributed by atoms with Crippen LogP contribution in [0.2, 0.25) is 0 Å². The predicted octanol–water partition coefficient (Wildman–Crippen LogP) is 3.68. The van der Waals surface area contributed by atoms with Crippen molar-refractivity contribution in [3.05, 3.63) is 23.9 Å². The van der Waals surface area contributed by atoms with Crippen LogP contribution >= 0.6 is 0 Å². The van der Waals surface area contributed by atoms with Gasteiger partial charge in [-0.15, -0.1) is 0 Å². The summed E-state index contributed by atoms with van der Waals surface area (Å²) in [4.78, 5) is 0. The van der Waals surface area contributed by atoms with Gasteiger partial charge in [0, 0.05) is 11.1 Å². The third-order valence-electron chi connectivity index (χ3n) is 2.09. The molecular weight excluding hydrogens is 200 g/mol. The van der Waals surface area contributed by atoms with Crippen LogP contribution in [0.1, 0.15) is 33.4 Å². The first-order valence-electron chi connectivity index (χ1n) is 5.78. The van der Waals surface area contributed by atoms with Crippen molar-refractivity contribution in [2.75, 3.05) is 0 Å². The summed E-state index contributed by atoms with van der Waals surface area (Å²) in [6.07, 6.45) is 0.208. The van der Waals surface area contributed by atoms with Crippen LogP contribution in [0.4, 0.5) is 0 Å². The molecule has 0 aliphatic carbocycles. The Balaban J connectivity index is 0.000000606. The van der Waals surface area contributed by atoms with Gasteiger partial charge in [0.2, 0.25) is 0 Å². The Labute approximate surface area is 96.8 Å². The van der Waals surface area contributed by atoms with Crippen molar-refractivity contribution in [2.24, 2.45) is 0 Å². The highest BCUT2D eigenvalue weighted by Gasteiger charge is 2.03. The maximum Gasteiger partial charge on any atom is 0.120 e. The van der Waals surface area contributed by atoms with Gasteiger partial charge >= 0.3 is 0 Å². The lowest BCUT2D eigenvalue weighted by molar-refractivity contribution is 0.243. The van der Waals surface area contributed by atoms with Crippen LogP contribution in [0.5, 0.6) is 5.75 Å². The first kappa shape index (κ1) is 12.6. The number of nitrogens with one attached hydrogen (secondary N) is 1. The molecule has 0 amide bonds. The minimum Gasteiger partial charge on any atom is -0.491 e. The van der Waals surface area contributed by atoms with Gasteiger partial charge in [0.25, 0.3) is 0 Å². The summed E-state index contributed by atoms with van der Waals surface area (Å²) in [7, 11) is 0. The van der Waals surface area contributed by atoms with E-state index in [1.165, 1.54) is 0 Å². The Morgan fingerprint density at radius 3 is 2.56 bits per heavy atom. The Kier molecular flexibility index (Phi) is 4.35. The van der Waals surface area contributed by atoms with Crippen molar-refractivity contribution < 1.29 is 4.74 Å². The molecule has 3 heteroatoms. The lowest BCUT2D eigenvalue weighted by atomic mass is 10.2. The Hall–Kier alpha value is -1.51. The van der Waals surface area contributed by atoms with E-state index in [1.54, 1.807) is 0 Å². The highest BCUT2D eigenvalue weighted by atomic mass is 16.5. The van der Waals surface area contributed by atoms with E-state index in [0.717, 1.165) is 22.3 Å². The first-order valence-corrected chi connectivity index (χ1v) is 5.78. The molecule has 0 radical (unpaired) electrons. The highest BCUT2D eigenvalue weighted by molar-refractivity contribution is 5.82. The van der Waals surface area contributed by atoms with Crippen LogP contribution in [0.3, 0.4) is 0 Å². The van der Waals surface area contributed by atoms with Crippen molar-refractivity contribution in [1.82, 2.24) is 10.2 Å². The zero-order valence-electron chi connectivity index (χ0n) is 10.7. The van der Waals surface area contributed by atoms with Crippen molar-refractivity contribution in [1.29, 1.82) is 0 Å². The predicted molar refractivity (Wildman–Crippen MR) is 67.9 cm³/mol. The van der Waals surface area contributed by atoms with Crippen LogP contribution in [0.25, 0.3) is 10.9 Å². The van der Waals surface area contributed by atoms with Gasteiger partial charge in [0.05, 0.1) is 11.6 Å². The Bertz CT molecular complexity index is 446. The van der Waals surface area contributed by atoms with Crippen LogP contribution in [-0.2, 0) is 0 Å². The maximum absolute atomic E-state index is 5.60. The summed E-state index contributed by atoms with van der Waals surface area (Å²) >= 11 is 0. The normalized spacial score (nSPS) is 10.1. The average Bonchev–Trinajstić information content (AvgIpc) is 2.63. The van der Waals surface area contributed by atoms with Gasteiger partial charge in [-0.1, -0.05) is 13.8 Å². The molecule has 1 heterocycles. The van der Waals surface area contributed by atoms with Crippen LogP contribution in [-0.4, -0.2) is 16.3 Å². The van der Waals surface area contributed by atoms with Crippen molar-refractivity contribution >= 4 is 10.9 Å². The fourth-order valence-corrected chi connectivity index (χ4v) is 1.46. The van der Waals surface area contributed by atoms with Gasteiger partial charge in [-0.3, -0.25) is 5.10 Å². The number of ether oxygens (including phenoxy) is 1. The monoisotopic (exact) mass is 220 g/mol. The van der Waals surface area contributed by atoms with Crippen molar-refractivity contribution in [2.45, 2.75) is 40.7 Å². The van der Waals surface area contributed by atoms with Gasteiger partial charge in [-0.05, 0) is 39.0 Å². The second-order valence-corrected chi connectivity index (χ2v) is 3.69. The molecule has 0 saturated carbocycles. The summed E-state index contributed by atoms with van der Waals surface area (Å²) in [6.45, 7) is 10.0. The number of aromatic amines is 1. The summed E-state index contributed by atoms with van der Waals surface area (Å²) in [5, 5.41) is 8.24. The largest absolute Gasteiger partial charge is 0.491 e. The molecule has 1 aromatic heterocycles. The second-order valence-electron chi connectivity index (χ2n) is 3.69. The minimum atomic E-state index is 0.208. The summed E-state index contributed by atoms with van der Waals surface area (Å²) in [5.41, 5.74) is 2.06. The molecule has 0 unspecified atom stereocenters. The number of hydrogen-bond acceptors (Lipinski definition) is 2. The second kappa shape index (κ2) is 5.54. The SMILES string of the molecule is CC.Cc1[nH]nc2ccc(OC(C)C)cc12. The van der Waals surface area contributed by atoms with Crippen molar-refractivity contribution in [3.63, 3.8) is 0 Å². The molecular formula is C13H20N2O. The number of hydrogen-bond donors (Lipinski definition) is 1. The zero-order valence-corrected chi connectivity index (χ0v) is 10.7. The summed E-state index contributed by atoms with van der Waals surface area (Å²) < 4.78 is 5.60. The van der Waals surface area contributed by atoms with Gasteiger partial charge in [0.15, 0.2) is 0 Å². The highest BCUT2D eigenvalue weighted by Crippen LogP contribution is 2.22. The number of H-pyrrole nitrogens is 1. The van der Waals surface area contributed by atoms with Gasteiger partial charge in [-0.25, -0.2) is 0 Å². The number of aryl methyl sites for hydroxylation is 1. The maximum atomic E-state index is 5.60. The van der Waals surface area contributed by atoms with E-state index in [0.29, 0.717) is 0 Å². The van der Waals surface area contributed by atoms with E-state index >= 15 is 0 Å². The molecule has 1 N–H and O–H groups in total. The third-order valence-corrected chi connectivity index (χ3v) is 2.09. The molecule has 0 aliphatic heterocycles. The van der Waals surface area contributed by atoms with E-state index in [9.17, 15) is 0 Å². The summed E-state index contributed by atoms with van der Waals surface area (Å²) in [5.74, 6) is 0.900. The lowest BCUT2D eigenvalue weighted by Gasteiger charge is -2.08. The fraction of sp³-hybridized carbons (Fsp3) is 0.462. The average molecular weight is 220 g/mol. The molecule has 1 aromatic carbocycles. The Morgan fingerprint density at radius 2 is 1.94 bits per heavy atom. The first-order chi connectivity index (χ1) is 7.66. The zero-order chi connectivity index (χ0) is 12.1. The standard InChI is InChI=1S/C11H14N2O.C2H6/c1-7(2)14-9-4-5-11-10(6-9)8(3)12-13-11;1-2/h4-7H,1-3H3,(H,12,13);1-2H3. The molecule has 2 rings (SSSR count). The molecule has 16 heavy (non-hydrogen) atoms. The molecule has 0 saturated heterocycles. The van der Waals surface area contributed by atoms with E-state index < -0.39 is 0 Å².